The first kappa shape index (κ1) is 31.1. The molecule has 2 aromatic heterocycles. The Bertz CT molecular complexity index is 3130. The second-order valence-electron chi connectivity index (χ2n) is 14.9. The van der Waals surface area contributed by atoms with Gasteiger partial charge >= 0.3 is 0 Å². The quantitative estimate of drug-likeness (QED) is 0.182. The molecule has 8 aromatic carbocycles. The minimum Gasteiger partial charge on any atom is -0.228 e. The standard InChI is InChI=1S/C51H34N2S/c1-51(2)44-29-33(21-23-39(44)42-24-20-31-12-6-7-15-36(31)49(42)51)35-25-26-40(38-17-9-8-16-37(35)38)46-30-45(52-50(53-46)32-13-4-3-5-14-32)34-22-27-48-43(28-34)41-18-10-11-19-47(41)54-48/h3-30H,1-2H3. The van der Waals surface area contributed by atoms with Gasteiger partial charge in [0.25, 0.3) is 0 Å². The van der Waals surface area contributed by atoms with Crippen LogP contribution in [0.3, 0.4) is 0 Å². The summed E-state index contributed by atoms with van der Waals surface area (Å²) in [6.07, 6.45) is 0. The second kappa shape index (κ2) is 11.8. The maximum atomic E-state index is 5.26. The van der Waals surface area contributed by atoms with E-state index in [1.807, 2.05) is 17.4 Å². The molecule has 10 aromatic rings. The van der Waals surface area contributed by atoms with Crippen LogP contribution in [0.15, 0.2) is 170 Å². The van der Waals surface area contributed by atoms with Gasteiger partial charge in [0.05, 0.1) is 11.4 Å². The highest BCUT2D eigenvalue weighted by Crippen LogP contribution is 2.52. The van der Waals surface area contributed by atoms with Crippen LogP contribution in [0.25, 0.3) is 97.9 Å². The van der Waals surface area contributed by atoms with Gasteiger partial charge in [-0.3, -0.25) is 0 Å². The highest BCUT2D eigenvalue weighted by Gasteiger charge is 2.37. The second-order valence-corrected chi connectivity index (χ2v) is 16.0. The Morgan fingerprint density at radius 2 is 1.04 bits per heavy atom. The van der Waals surface area contributed by atoms with E-state index in [2.05, 4.69) is 178 Å². The van der Waals surface area contributed by atoms with E-state index in [4.69, 9.17) is 9.97 Å². The summed E-state index contributed by atoms with van der Waals surface area (Å²) in [4.78, 5) is 10.5. The van der Waals surface area contributed by atoms with Crippen LogP contribution < -0.4 is 0 Å². The number of hydrogen-bond donors (Lipinski definition) is 0. The van der Waals surface area contributed by atoms with Crippen LogP contribution in [0.5, 0.6) is 0 Å². The molecule has 0 saturated heterocycles. The summed E-state index contributed by atoms with van der Waals surface area (Å²) < 4.78 is 2.58. The summed E-state index contributed by atoms with van der Waals surface area (Å²) in [5.41, 5.74) is 12.8. The van der Waals surface area contributed by atoms with E-state index in [1.165, 1.54) is 75.1 Å². The van der Waals surface area contributed by atoms with Gasteiger partial charge in [0, 0.05) is 42.3 Å². The Kier molecular flexibility index (Phi) is 6.80. The van der Waals surface area contributed by atoms with E-state index in [0.29, 0.717) is 0 Å². The normalized spacial score (nSPS) is 13.1. The summed E-state index contributed by atoms with van der Waals surface area (Å²) in [5.74, 6) is 0.722. The number of thiophene rings is 1. The molecular weight excluding hydrogens is 673 g/mol. The molecule has 0 saturated carbocycles. The fourth-order valence-corrected chi connectivity index (χ4v) is 9.96. The topological polar surface area (TPSA) is 25.8 Å². The van der Waals surface area contributed by atoms with Crippen molar-refractivity contribution >= 4 is 53.1 Å². The summed E-state index contributed by atoms with van der Waals surface area (Å²) in [6, 6.07) is 61.7. The van der Waals surface area contributed by atoms with Gasteiger partial charge in [-0.2, -0.15) is 0 Å². The van der Waals surface area contributed by atoms with Crippen LogP contribution >= 0.6 is 11.3 Å². The molecular formula is C51H34N2S. The average molecular weight is 707 g/mol. The predicted octanol–water partition coefficient (Wildman–Crippen LogP) is 14.1. The fourth-order valence-electron chi connectivity index (χ4n) is 8.88. The van der Waals surface area contributed by atoms with Gasteiger partial charge in [-0.15, -0.1) is 11.3 Å². The summed E-state index contributed by atoms with van der Waals surface area (Å²) in [6.45, 7) is 4.76. The monoisotopic (exact) mass is 706 g/mol. The van der Waals surface area contributed by atoms with Gasteiger partial charge in [0.2, 0.25) is 0 Å². The van der Waals surface area contributed by atoms with E-state index >= 15 is 0 Å². The third-order valence-corrected chi connectivity index (χ3v) is 12.6. The first-order valence-corrected chi connectivity index (χ1v) is 19.4. The molecule has 0 spiro atoms. The van der Waals surface area contributed by atoms with E-state index in [0.717, 1.165) is 33.9 Å². The third-order valence-electron chi connectivity index (χ3n) is 11.5. The van der Waals surface area contributed by atoms with Crippen LogP contribution in [0.1, 0.15) is 25.0 Å². The van der Waals surface area contributed by atoms with Gasteiger partial charge in [-0.25, -0.2) is 9.97 Å². The number of hydrogen-bond acceptors (Lipinski definition) is 3. The first-order chi connectivity index (χ1) is 26.5. The number of aromatic nitrogens is 2. The first-order valence-electron chi connectivity index (χ1n) is 18.6. The van der Waals surface area contributed by atoms with Crippen molar-refractivity contribution in [3.8, 4) is 56.2 Å². The van der Waals surface area contributed by atoms with E-state index in [-0.39, 0.29) is 5.41 Å². The summed E-state index contributed by atoms with van der Waals surface area (Å²) in [7, 11) is 0. The van der Waals surface area contributed by atoms with E-state index < -0.39 is 0 Å². The van der Waals surface area contributed by atoms with Crippen molar-refractivity contribution < 1.29 is 0 Å². The number of rotatable bonds is 4. The number of benzene rings is 8. The Balaban J connectivity index is 1.07. The molecule has 1 aliphatic rings. The lowest BCUT2D eigenvalue weighted by Crippen LogP contribution is -2.15. The molecule has 11 rings (SSSR count). The highest BCUT2D eigenvalue weighted by molar-refractivity contribution is 7.25. The zero-order valence-corrected chi connectivity index (χ0v) is 30.8. The molecule has 0 N–H and O–H groups in total. The SMILES string of the molecule is CC1(C)c2cc(-c3ccc(-c4cc(-c5ccc6sc7ccccc7c6c5)nc(-c5ccccc5)n4)c4ccccc34)ccc2-c2ccc3ccccc3c21. The Morgan fingerprint density at radius 3 is 1.89 bits per heavy atom. The van der Waals surface area contributed by atoms with Crippen LogP contribution in [0.2, 0.25) is 0 Å². The van der Waals surface area contributed by atoms with Crippen LogP contribution in [0.4, 0.5) is 0 Å². The van der Waals surface area contributed by atoms with Gasteiger partial charge in [-0.1, -0.05) is 153 Å². The van der Waals surface area contributed by atoms with Crippen molar-refractivity contribution in [3.63, 3.8) is 0 Å². The van der Waals surface area contributed by atoms with Crippen molar-refractivity contribution in [3.05, 3.63) is 181 Å². The molecule has 3 heteroatoms. The summed E-state index contributed by atoms with van der Waals surface area (Å²) >= 11 is 1.84. The van der Waals surface area contributed by atoms with Crippen molar-refractivity contribution in [1.29, 1.82) is 0 Å². The molecule has 254 valence electrons. The lowest BCUT2D eigenvalue weighted by Gasteiger charge is -2.24. The fraction of sp³-hybridized carbons (Fsp3) is 0.0588. The maximum absolute atomic E-state index is 5.26. The summed E-state index contributed by atoms with van der Waals surface area (Å²) in [5, 5.41) is 7.56. The van der Waals surface area contributed by atoms with Crippen LogP contribution in [-0.4, -0.2) is 9.97 Å². The van der Waals surface area contributed by atoms with Gasteiger partial charge in [-0.05, 0) is 85.3 Å². The number of nitrogens with zero attached hydrogens (tertiary/aromatic N) is 2. The molecule has 0 radical (unpaired) electrons. The Morgan fingerprint density at radius 1 is 0.407 bits per heavy atom. The zero-order valence-electron chi connectivity index (χ0n) is 30.0. The zero-order chi connectivity index (χ0) is 36.0. The van der Waals surface area contributed by atoms with Gasteiger partial charge < -0.3 is 0 Å². The third kappa shape index (κ3) is 4.72. The minimum absolute atomic E-state index is 0.124. The smallest absolute Gasteiger partial charge is 0.160 e. The molecule has 0 fully saturated rings. The average Bonchev–Trinajstić information content (AvgIpc) is 3.71. The molecule has 0 unspecified atom stereocenters. The molecule has 0 aliphatic heterocycles. The molecule has 1 aliphatic carbocycles. The molecule has 2 heterocycles. The minimum atomic E-state index is -0.124. The van der Waals surface area contributed by atoms with Crippen LogP contribution in [0, 0.1) is 0 Å². The number of fused-ring (bicyclic) bond motifs is 9. The van der Waals surface area contributed by atoms with Crippen LogP contribution in [-0.2, 0) is 5.41 Å². The lowest BCUT2D eigenvalue weighted by atomic mass is 9.79. The van der Waals surface area contributed by atoms with Gasteiger partial charge in [0.15, 0.2) is 5.82 Å². The van der Waals surface area contributed by atoms with Crippen molar-refractivity contribution in [2.45, 2.75) is 19.3 Å². The lowest BCUT2D eigenvalue weighted by molar-refractivity contribution is 0.666. The molecule has 54 heavy (non-hydrogen) atoms. The maximum Gasteiger partial charge on any atom is 0.160 e. The van der Waals surface area contributed by atoms with E-state index in [9.17, 15) is 0 Å². The van der Waals surface area contributed by atoms with Crippen molar-refractivity contribution in [1.82, 2.24) is 9.97 Å². The van der Waals surface area contributed by atoms with Crippen molar-refractivity contribution in [2.24, 2.45) is 0 Å². The Labute approximate surface area is 318 Å². The molecule has 0 atom stereocenters. The largest absolute Gasteiger partial charge is 0.228 e. The van der Waals surface area contributed by atoms with E-state index in [1.54, 1.807) is 0 Å². The highest BCUT2D eigenvalue weighted by atomic mass is 32.1. The predicted molar refractivity (Wildman–Crippen MR) is 229 cm³/mol. The van der Waals surface area contributed by atoms with Crippen molar-refractivity contribution in [2.75, 3.05) is 0 Å². The molecule has 0 bridgehead atoms. The Hall–Kier alpha value is -6.42. The van der Waals surface area contributed by atoms with Gasteiger partial charge in [0.1, 0.15) is 0 Å². The molecule has 2 nitrogen and oxygen atoms in total. The molecule has 0 amide bonds.